The van der Waals surface area contributed by atoms with Gasteiger partial charge in [-0.25, -0.2) is 0 Å². The van der Waals surface area contributed by atoms with Gasteiger partial charge in [0.05, 0.1) is 5.56 Å². The second-order valence-corrected chi connectivity index (χ2v) is 6.75. The van der Waals surface area contributed by atoms with Crippen molar-refractivity contribution in [3.8, 4) is 0 Å². The third-order valence-corrected chi connectivity index (χ3v) is 5.29. The highest BCUT2D eigenvalue weighted by molar-refractivity contribution is 7.99. The van der Waals surface area contributed by atoms with Gasteiger partial charge in [0.15, 0.2) is 0 Å². The minimum atomic E-state index is 0.127. The van der Waals surface area contributed by atoms with Gasteiger partial charge in [0, 0.05) is 50.4 Å². The zero-order valence-electron chi connectivity index (χ0n) is 11.9. The van der Waals surface area contributed by atoms with E-state index in [0.29, 0.717) is 0 Å². The molecule has 3 rings (SSSR count). The van der Waals surface area contributed by atoms with Crippen LogP contribution in [0.5, 0.6) is 0 Å². The first-order valence-corrected chi connectivity index (χ1v) is 8.42. The Labute approximate surface area is 124 Å². The van der Waals surface area contributed by atoms with E-state index in [1.54, 1.807) is 12.4 Å². The number of thioether (sulfide) groups is 1. The summed E-state index contributed by atoms with van der Waals surface area (Å²) in [4.78, 5) is 21.1. The molecule has 1 aromatic heterocycles. The third-order valence-electron chi connectivity index (χ3n) is 4.15. The fraction of sp³-hybridized carbons (Fsp3) is 0.600. The van der Waals surface area contributed by atoms with E-state index >= 15 is 0 Å². The second kappa shape index (κ2) is 6.14. The second-order valence-electron chi connectivity index (χ2n) is 5.60. The lowest BCUT2D eigenvalue weighted by Crippen LogP contribution is -2.52. The van der Waals surface area contributed by atoms with Gasteiger partial charge in [-0.05, 0) is 30.7 Å². The third kappa shape index (κ3) is 2.99. The summed E-state index contributed by atoms with van der Waals surface area (Å²) in [6.07, 6.45) is 4.77. The zero-order valence-corrected chi connectivity index (χ0v) is 12.7. The topological polar surface area (TPSA) is 36.4 Å². The van der Waals surface area contributed by atoms with Crippen molar-refractivity contribution in [2.45, 2.75) is 19.4 Å². The van der Waals surface area contributed by atoms with Crippen LogP contribution < -0.4 is 0 Å². The van der Waals surface area contributed by atoms with E-state index in [-0.39, 0.29) is 5.91 Å². The number of hydrogen-bond donors (Lipinski definition) is 0. The Morgan fingerprint density at radius 2 is 2.10 bits per heavy atom. The Bertz CT molecular complexity index is 480. The molecule has 0 spiro atoms. The smallest absolute Gasteiger partial charge is 0.255 e. The molecule has 0 aliphatic carbocycles. The van der Waals surface area contributed by atoms with Crippen molar-refractivity contribution in [1.82, 2.24) is 14.8 Å². The molecular weight excluding hydrogens is 270 g/mol. The molecule has 4 nitrogen and oxygen atoms in total. The van der Waals surface area contributed by atoms with E-state index in [4.69, 9.17) is 0 Å². The molecule has 3 heterocycles. The van der Waals surface area contributed by atoms with Gasteiger partial charge in [-0.1, -0.05) is 0 Å². The molecule has 2 aliphatic rings. The minimum Gasteiger partial charge on any atom is -0.336 e. The molecule has 1 unspecified atom stereocenters. The van der Waals surface area contributed by atoms with Crippen LogP contribution in [0.2, 0.25) is 0 Å². The number of amides is 1. The molecule has 2 saturated heterocycles. The normalized spacial score (nSPS) is 24.1. The lowest BCUT2D eigenvalue weighted by molar-refractivity contribution is 0.0588. The quantitative estimate of drug-likeness (QED) is 0.830. The molecule has 1 aromatic rings. The first-order valence-electron chi connectivity index (χ1n) is 7.27. The van der Waals surface area contributed by atoms with Gasteiger partial charge >= 0.3 is 0 Å². The molecule has 0 N–H and O–H groups in total. The van der Waals surface area contributed by atoms with Gasteiger partial charge in [-0.15, -0.1) is 0 Å². The summed E-state index contributed by atoms with van der Waals surface area (Å²) in [5.74, 6) is 2.68. The highest BCUT2D eigenvalue weighted by Gasteiger charge is 2.28. The Morgan fingerprint density at radius 3 is 2.75 bits per heavy atom. The summed E-state index contributed by atoms with van der Waals surface area (Å²) in [6.45, 7) is 5.67. The van der Waals surface area contributed by atoms with E-state index in [2.05, 4.69) is 21.6 Å². The van der Waals surface area contributed by atoms with Crippen molar-refractivity contribution in [1.29, 1.82) is 0 Å². The maximum Gasteiger partial charge on any atom is 0.255 e. The number of hydrogen-bond acceptors (Lipinski definition) is 4. The summed E-state index contributed by atoms with van der Waals surface area (Å²) >= 11 is 2.05. The lowest BCUT2D eigenvalue weighted by Gasteiger charge is -2.37. The summed E-state index contributed by atoms with van der Waals surface area (Å²) in [5, 5.41) is 0. The standard InChI is InChI=1S/C15H21N3OS/c1-12-8-13(10-16-9-12)15(19)18-5-3-17(4-6-18)14-2-7-20-11-14/h8-10,14H,2-7,11H2,1H3. The van der Waals surface area contributed by atoms with Crippen molar-refractivity contribution in [2.24, 2.45) is 0 Å². The molecule has 1 atom stereocenters. The molecular formula is C15H21N3OS. The molecule has 2 aliphatic heterocycles. The van der Waals surface area contributed by atoms with Crippen LogP contribution in [0.25, 0.3) is 0 Å². The number of carbonyl (C=O) groups excluding carboxylic acids is 1. The predicted molar refractivity (Wildman–Crippen MR) is 82.2 cm³/mol. The number of aryl methyl sites for hydroxylation is 1. The molecule has 5 heteroatoms. The zero-order chi connectivity index (χ0) is 13.9. The van der Waals surface area contributed by atoms with E-state index in [9.17, 15) is 4.79 Å². The Kier molecular flexibility index (Phi) is 4.27. The van der Waals surface area contributed by atoms with E-state index in [1.165, 1.54) is 17.9 Å². The molecule has 0 radical (unpaired) electrons. The van der Waals surface area contributed by atoms with E-state index in [0.717, 1.165) is 43.3 Å². The van der Waals surface area contributed by atoms with E-state index < -0.39 is 0 Å². The van der Waals surface area contributed by atoms with E-state index in [1.807, 2.05) is 17.9 Å². The van der Waals surface area contributed by atoms with Gasteiger partial charge in [0.25, 0.3) is 5.91 Å². The average molecular weight is 291 g/mol. The summed E-state index contributed by atoms with van der Waals surface area (Å²) in [7, 11) is 0. The van der Waals surface area contributed by atoms with Crippen LogP contribution in [0.4, 0.5) is 0 Å². The van der Waals surface area contributed by atoms with Gasteiger partial charge in [-0.3, -0.25) is 14.7 Å². The Balaban J connectivity index is 1.58. The molecule has 20 heavy (non-hydrogen) atoms. The molecule has 0 saturated carbocycles. The SMILES string of the molecule is Cc1cncc(C(=O)N2CCN(C3CCSC3)CC2)c1. The van der Waals surface area contributed by atoms with Crippen molar-refractivity contribution >= 4 is 17.7 Å². The van der Waals surface area contributed by atoms with Crippen LogP contribution in [-0.2, 0) is 0 Å². The fourth-order valence-electron chi connectivity index (χ4n) is 2.95. The minimum absolute atomic E-state index is 0.127. The summed E-state index contributed by atoms with van der Waals surface area (Å²) in [5.41, 5.74) is 1.76. The Morgan fingerprint density at radius 1 is 1.30 bits per heavy atom. The van der Waals surface area contributed by atoms with Crippen LogP contribution in [-0.4, -0.2) is 64.4 Å². The maximum atomic E-state index is 12.4. The van der Waals surface area contributed by atoms with Crippen LogP contribution in [0.3, 0.4) is 0 Å². The van der Waals surface area contributed by atoms with Crippen molar-refractivity contribution < 1.29 is 4.79 Å². The predicted octanol–water partition coefficient (Wildman–Crippen LogP) is 1.65. The van der Waals surface area contributed by atoms with Crippen LogP contribution in [0, 0.1) is 6.92 Å². The van der Waals surface area contributed by atoms with Gasteiger partial charge in [0.2, 0.25) is 0 Å². The lowest BCUT2D eigenvalue weighted by atomic mass is 10.1. The van der Waals surface area contributed by atoms with Crippen molar-refractivity contribution in [3.05, 3.63) is 29.6 Å². The number of carbonyl (C=O) groups is 1. The average Bonchev–Trinajstić information content (AvgIpc) is 3.01. The van der Waals surface area contributed by atoms with Crippen molar-refractivity contribution in [2.75, 3.05) is 37.7 Å². The molecule has 108 valence electrons. The first kappa shape index (κ1) is 13.9. The number of aromatic nitrogens is 1. The number of rotatable bonds is 2. The van der Waals surface area contributed by atoms with Gasteiger partial charge in [-0.2, -0.15) is 11.8 Å². The highest BCUT2D eigenvalue weighted by atomic mass is 32.2. The number of piperazine rings is 1. The largest absolute Gasteiger partial charge is 0.336 e. The van der Waals surface area contributed by atoms with Gasteiger partial charge in [0.1, 0.15) is 0 Å². The monoisotopic (exact) mass is 291 g/mol. The van der Waals surface area contributed by atoms with Crippen LogP contribution >= 0.6 is 11.8 Å². The first-order chi connectivity index (χ1) is 9.74. The Hall–Kier alpha value is -1.07. The molecule has 0 aromatic carbocycles. The van der Waals surface area contributed by atoms with Gasteiger partial charge < -0.3 is 4.90 Å². The maximum absolute atomic E-state index is 12.4. The van der Waals surface area contributed by atoms with Crippen LogP contribution in [0.1, 0.15) is 22.3 Å². The number of pyridine rings is 1. The summed E-state index contributed by atoms with van der Waals surface area (Å²) in [6, 6.07) is 2.66. The molecule has 0 bridgehead atoms. The van der Waals surface area contributed by atoms with Crippen LogP contribution in [0.15, 0.2) is 18.5 Å². The highest BCUT2D eigenvalue weighted by Crippen LogP contribution is 2.23. The van der Waals surface area contributed by atoms with Crippen molar-refractivity contribution in [3.63, 3.8) is 0 Å². The molecule has 1 amide bonds. The fourth-order valence-corrected chi connectivity index (χ4v) is 4.21. The number of nitrogens with zero attached hydrogens (tertiary/aromatic N) is 3. The molecule has 2 fully saturated rings. The summed E-state index contributed by atoms with van der Waals surface area (Å²) < 4.78 is 0.